The van der Waals surface area contributed by atoms with Gasteiger partial charge in [-0.25, -0.2) is 0 Å². The van der Waals surface area contributed by atoms with Gasteiger partial charge in [-0.3, -0.25) is 19.3 Å². The molecule has 0 spiro atoms. The highest BCUT2D eigenvalue weighted by molar-refractivity contribution is 5.98. The third-order valence-electron chi connectivity index (χ3n) is 9.24. The molecule has 3 heterocycles. The van der Waals surface area contributed by atoms with Crippen LogP contribution in [0.25, 0.3) is 0 Å². The van der Waals surface area contributed by atoms with Gasteiger partial charge < -0.3 is 34.0 Å². The van der Waals surface area contributed by atoms with Gasteiger partial charge in [-0.05, 0) is 69.2 Å². The molecule has 0 saturated carbocycles. The monoisotopic (exact) mass is 622 g/mol. The van der Waals surface area contributed by atoms with Crippen molar-refractivity contribution in [2.75, 3.05) is 67.3 Å². The maximum Gasteiger partial charge on any atom is 0.308 e. The van der Waals surface area contributed by atoms with E-state index in [1.807, 2.05) is 60.3 Å². The predicted octanol–water partition coefficient (Wildman–Crippen LogP) is 3.52. The number of hydrogen-bond acceptors (Lipinski definition) is 8. The molecule has 0 bridgehead atoms. The number of carboxylic acid groups (broad SMARTS) is 1. The summed E-state index contributed by atoms with van der Waals surface area (Å²) in [6, 6.07) is 10.8. The van der Waals surface area contributed by atoms with Crippen molar-refractivity contribution in [2.45, 2.75) is 51.1 Å². The lowest BCUT2D eigenvalue weighted by atomic mass is 9.84. The third-order valence-corrected chi connectivity index (χ3v) is 9.24. The van der Waals surface area contributed by atoms with Gasteiger partial charge in [0.1, 0.15) is 0 Å². The Bertz CT molecular complexity index is 1380. The first kappa shape index (κ1) is 32.6. The summed E-state index contributed by atoms with van der Waals surface area (Å²) in [7, 11) is 5.59. The zero-order chi connectivity index (χ0) is 32.1. The number of methoxy groups -OCH3 is 1. The quantitative estimate of drug-likeness (QED) is 0.319. The second-order valence-corrected chi connectivity index (χ2v) is 12.5. The van der Waals surface area contributed by atoms with Crippen molar-refractivity contribution in [3.05, 3.63) is 53.1 Å². The number of fused-ring (bicyclic) bond motifs is 2. The average Bonchev–Trinajstić information content (AvgIpc) is 3.72. The van der Waals surface area contributed by atoms with Crippen LogP contribution in [0.2, 0.25) is 0 Å². The van der Waals surface area contributed by atoms with E-state index in [1.165, 1.54) is 0 Å². The summed E-state index contributed by atoms with van der Waals surface area (Å²) in [4.78, 5) is 47.9. The summed E-state index contributed by atoms with van der Waals surface area (Å²) in [5, 5.41) is 10.7. The van der Waals surface area contributed by atoms with Crippen molar-refractivity contribution in [2.24, 2.45) is 5.92 Å². The molecule has 1 saturated heterocycles. The largest absolute Gasteiger partial charge is 0.493 e. The van der Waals surface area contributed by atoms with Crippen molar-refractivity contribution in [3.63, 3.8) is 0 Å². The molecule has 45 heavy (non-hydrogen) atoms. The highest BCUT2D eigenvalue weighted by atomic mass is 16.7. The number of aliphatic carboxylic acids is 1. The summed E-state index contributed by atoms with van der Waals surface area (Å²) in [5.74, 6) is -0.679. The topological polar surface area (TPSA) is 112 Å². The Balaban J connectivity index is 1.41. The minimum absolute atomic E-state index is 0.00455. The predicted molar refractivity (Wildman–Crippen MR) is 169 cm³/mol. The van der Waals surface area contributed by atoms with E-state index in [0.717, 1.165) is 36.9 Å². The highest BCUT2D eigenvalue weighted by Crippen LogP contribution is 2.47. The lowest BCUT2D eigenvalue weighted by Gasteiger charge is -2.31. The molecule has 1 N–H and O–H groups in total. The molecule has 0 aromatic heterocycles. The SMILES string of the molecule is CCCCN(CCCN(C)C)C(=O)CN1C[C@H](c2cc(OC)c3c(c2)OCO3)[C@@H](C(=O)O)[C@@H]1CCN1Cc2ccccc2C1=O. The van der Waals surface area contributed by atoms with E-state index >= 15 is 0 Å². The van der Waals surface area contributed by atoms with Crippen molar-refractivity contribution in [3.8, 4) is 17.2 Å². The smallest absolute Gasteiger partial charge is 0.308 e. The molecule has 3 atom stereocenters. The van der Waals surface area contributed by atoms with E-state index in [0.29, 0.717) is 62.0 Å². The van der Waals surface area contributed by atoms with Gasteiger partial charge >= 0.3 is 5.97 Å². The van der Waals surface area contributed by atoms with Crippen LogP contribution in [0.3, 0.4) is 0 Å². The van der Waals surface area contributed by atoms with Crippen LogP contribution in [0.15, 0.2) is 36.4 Å². The molecule has 0 aliphatic carbocycles. The lowest BCUT2D eigenvalue weighted by molar-refractivity contribution is -0.144. The molecule has 3 aliphatic heterocycles. The van der Waals surface area contributed by atoms with Gasteiger partial charge in [0.15, 0.2) is 11.5 Å². The van der Waals surface area contributed by atoms with Gasteiger partial charge in [0, 0.05) is 50.2 Å². The molecule has 11 nitrogen and oxygen atoms in total. The number of benzene rings is 2. The number of likely N-dealkylation sites (tertiary alicyclic amines) is 1. The first-order chi connectivity index (χ1) is 21.7. The van der Waals surface area contributed by atoms with Crippen LogP contribution in [0.4, 0.5) is 0 Å². The summed E-state index contributed by atoms with van der Waals surface area (Å²) in [6.45, 7) is 5.77. The van der Waals surface area contributed by atoms with Crippen LogP contribution >= 0.6 is 0 Å². The van der Waals surface area contributed by atoms with Crippen LogP contribution in [0.1, 0.15) is 60.0 Å². The fraction of sp³-hybridized carbons (Fsp3) is 0.559. The van der Waals surface area contributed by atoms with Crippen LogP contribution in [-0.4, -0.2) is 116 Å². The summed E-state index contributed by atoms with van der Waals surface area (Å²) in [6.07, 6.45) is 3.18. The van der Waals surface area contributed by atoms with Crippen molar-refractivity contribution in [1.82, 2.24) is 19.6 Å². The molecule has 11 heteroatoms. The van der Waals surface area contributed by atoms with E-state index in [1.54, 1.807) is 12.0 Å². The maximum absolute atomic E-state index is 13.9. The summed E-state index contributed by atoms with van der Waals surface area (Å²) in [5.41, 5.74) is 2.44. The van der Waals surface area contributed by atoms with Crippen LogP contribution in [0.5, 0.6) is 17.2 Å². The maximum atomic E-state index is 13.9. The number of hydrogen-bond donors (Lipinski definition) is 1. The number of carbonyl (C=O) groups is 3. The number of unbranched alkanes of at least 4 members (excludes halogenated alkanes) is 1. The van der Waals surface area contributed by atoms with Crippen molar-refractivity contribution < 1.29 is 33.7 Å². The Morgan fingerprint density at radius 1 is 1.09 bits per heavy atom. The second-order valence-electron chi connectivity index (χ2n) is 12.5. The van der Waals surface area contributed by atoms with Gasteiger partial charge in [-0.15, -0.1) is 0 Å². The molecule has 2 aromatic carbocycles. The van der Waals surface area contributed by atoms with E-state index < -0.39 is 23.8 Å². The Labute approximate surface area is 265 Å². The third kappa shape index (κ3) is 7.20. The summed E-state index contributed by atoms with van der Waals surface area (Å²) < 4.78 is 16.8. The van der Waals surface area contributed by atoms with Crippen LogP contribution in [-0.2, 0) is 16.1 Å². The molecule has 244 valence electrons. The van der Waals surface area contributed by atoms with Gasteiger partial charge in [0.25, 0.3) is 5.91 Å². The summed E-state index contributed by atoms with van der Waals surface area (Å²) >= 11 is 0. The van der Waals surface area contributed by atoms with Gasteiger partial charge in [-0.2, -0.15) is 0 Å². The molecule has 2 amide bonds. The van der Waals surface area contributed by atoms with E-state index in [9.17, 15) is 19.5 Å². The number of rotatable bonds is 15. The number of nitrogens with zero attached hydrogens (tertiary/aromatic N) is 4. The second kappa shape index (κ2) is 14.5. The normalized spacial score (nSPS) is 20.6. The first-order valence-electron chi connectivity index (χ1n) is 16.0. The molecular formula is C34H46N4O7. The molecular weight excluding hydrogens is 576 g/mol. The average molecular weight is 623 g/mol. The fourth-order valence-electron chi connectivity index (χ4n) is 6.90. The molecule has 2 aromatic rings. The Kier molecular flexibility index (Phi) is 10.5. The lowest BCUT2D eigenvalue weighted by Crippen LogP contribution is -2.46. The molecule has 1 fully saturated rings. The fourth-order valence-corrected chi connectivity index (χ4v) is 6.90. The minimum Gasteiger partial charge on any atom is -0.493 e. The number of ether oxygens (including phenoxy) is 3. The van der Waals surface area contributed by atoms with E-state index in [2.05, 4.69) is 11.8 Å². The van der Waals surface area contributed by atoms with Crippen molar-refractivity contribution >= 4 is 17.8 Å². The van der Waals surface area contributed by atoms with Crippen LogP contribution < -0.4 is 14.2 Å². The number of amides is 2. The molecule has 0 unspecified atom stereocenters. The standard InChI is InChI=1S/C34H46N4O7/c1-5-6-14-36(15-9-13-35(2)3)30(39)21-38-20-26(24-17-28(43-4)32-29(18-24)44-22-45-32)31(34(41)42)27(38)12-16-37-19-23-10-7-8-11-25(23)33(37)40/h7-8,10-11,17-18,26-27,31H,5-6,9,12-16,19-22H2,1-4H3,(H,41,42)/t26-,27+,31-/m1/s1. The number of carboxylic acids is 1. The highest BCUT2D eigenvalue weighted by Gasteiger charge is 2.48. The Morgan fingerprint density at radius 3 is 2.58 bits per heavy atom. The van der Waals surface area contributed by atoms with E-state index in [-0.39, 0.29) is 25.2 Å². The first-order valence-corrected chi connectivity index (χ1v) is 16.0. The zero-order valence-electron chi connectivity index (χ0n) is 26.9. The van der Waals surface area contributed by atoms with Crippen LogP contribution in [0, 0.1) is 5.92 Å². The van der Waals surface area contributed by atoms with Gasteiger partial charge in [-0.1, -0.05) is 31.5 Å². The van der Waals surface area contributed by atoms with Crippen molar-refractivity contribution in [1.29, 1.82) is 0 Å². The number of carbonyl (C=O) groups excluding carboxylic acids is 2. The Hall–Kier alpha value is -3.83. The zero-order valence-corrected chi connectivity index (χ0v) is 26.9. The Morgan fingerprint density at radius 2 is 1.87 bits per heavy atom. The molecule has 3 aliphatic rings. The van der Waals surface area contributed by atoms with Gasteiger partial charge in [0.05, 0.1) is 19.6 Å². The van der Waals surface area contributed by atoms with E-state index in [4.69, 9.17) is 14.2 Å². The molecule has 5 rings (SSSR count). The van der Waals surface area contributed by atoms with Gasteiger partial charge in [0.2, 0.25) is 18.4 Å². The molecule has 0 radical (unpaired) electrons. The minimum atomic E-state index is -0.929.